The largest absolute Gasteiger partial charge is 0.465 e. The van der Waals surface area contributed by atoms with Crippen LogP contribution >= 0.6 is 0 Å². The highest BCUT2D eigenvalue weighted by molar-refractivity contribution is 7.89. The van der Waals surface area contributed by atoms with E-state index in [1.54, 1.807) is 26.0 Å². The molecule has 1 aromatic rings. The standard InChI is InChI=1S/C13H19NO4S/c1-5-18-13(15)9-14(4)19(16,17)12-8-10(2)6-7-11(12)3/h6-8H,5,9H2,1-4H3. The normalized spacial score (nSPS) is 11.6. The molecule has 19 heavy (non-hydrogen) atoms. The van der Waals surface area contributed by atoms with Crippen LogP contribution in [0.15, 0.2) is 23.1 Å². The first-order chi connectivity index (χ1) is 8.78. The molecule has 0 radical (unpaired) electrons. The minimum Gasteiger partial charge on any atom is -0.465 e. The van der Waals surface area contributed by atoms with Crippen molar-refractivity contribution in [1.29, 1.82) is 0 Å². The van der Waals surface area contributed by atoms with Gasteiger partial charge in [-0.05, 0) is 38.0 Å². The number of carbonyl (C=O) groups excluding carboxylic acids is 1. The Labute approximate surface area is 114 Å². The van der Waals surface area contributed by atoms with Gasteiger partial charge in [0.25, 0.3) is 0 Å². The van der Waals surface area contributed by atoms with E-state index in [0.717, 1.165) is 9.87 Å². The highest BCUT2D eigenvalue weighted by Gasteiger charge is 2.25. The molecule has 1 rings (SSSR count). The lowest BCUT2D eigenvalue weighted by atomic mass is 10.2. The highest BCUT2D eigenvalue weighted by atomic mass is 32.2. The molecule has 0 amide bonds. The average molecular weight is 285 g/mol. The van der Waals surface area contributed by atoms with Gasteiger partial charge in [0, 0.05) is 7.05 Å². The molecule has 0 spiro atoms. The van der Waals surface area contributed by atoms with Gasteiger partial charge in [0.1, 0.15) is 6.54 Å². The monoisotopic (exact) mass is 285 g/mol. The summed E-state index contributed by atoms with van der Waals surface area (Å²) in [6, 6.07) is 5.20. The molecule has 106 valence electrons. The third-order valence-electron chi connectivity index (χ3n) is 2.69. The van der Waals surface area contributed by atoms with Crippen LogP contribution in [0.4, 0.5) is 0 Å². The van der Waals surface area contributed by atoms with Crippen molar-refractivity contribution in [1.82, 2.24) is 4.31 Å². The maximum atomic E-state index is 12.4. The van der Waals surface area contributed by atoms with Crippen molar-refractivity contribution in [3.05, 3.63) is 29.3 Å². The van der Waals surface area contributed by atoms with E-state index >= 15 is 0 Å². The van der Waals surface area contributed by atoms with Gasteiger partial charge in [0.2, 0.25) is 10.0 Å². The molecule has 0 atom stereocenters. The number of likely N-dealkylation sites (N-methyl/N-ethyl adjacent to an activating group) is 1. The van der Waals surface area contributed by atoms with Crippen LogP contribution in [0.1, 0.15) is 18.1 Å². The number of rotatable bonds is 5. The Morgan fingerprint density at radius 3 is 2.53 bits per heavy atom. The van der Waals surface area contributed by atoms with Crippen molar-refractivity contribution in [2.45, 2.75) is 25.7 Å². The Hall–Kier alpha value is -1.40. The Balaban J connectivity index is 3.03. The van der Waals surface area contributed by atoms with Gasteiger partial charge in [-0.15, -0.1) is 0 Å². The number of carbonyl (C=O) groups is 1. The summed E-state index contributed by atoms with van der Waals surface area (Å²) in [7, 11) is -2.30. The summed E-state index contributed by atoms with van der Waals surface area (Å²) in [5.74, 6) is -0.557. The summed E-state index contributed by atoms with van der Waals surface area (Å²) in [5.41, 5.74) is 1.51. The van der Waals surface area contributed by atoms with Crippen LogP contribution < -0.4 is 0 Å². The van der Waals surface area contributed by atoms with E-state index in [-0.39, 0.29) is 18.0 Å². The van der Waals surface area contributed by atoms with Gasteiger partial charge in [-0.25, -0.2) is 8.42 Å². The zero-order chi connectivity index (χ0) is 14.6. The second kappa shape index (κ2) is 6.16. The second-order valence-electron chi connectivity index (χ2n) is 4.34. The molecular weight excluding hydrogens is 266 g/mol. The van der Waals surface area contributed by atoms with Crippen LogP contribution in [-0.4, -0.2) is 38.9 Å². The van der Waals surface area contributed by atoms with Crippen LogP contribution in [0.3, 0.4) is 0 Å². The molecule has 0 aliphatic carbocycles. The van der Waals surface area contributed by atoms with Gasteiger partial charge >= 0.3 is 5.97 Å². The Kier molecular flexibility index (Phi) is 5.08. The van der Waals surface area contributed by atoms with Gasteiger partial charge in [-0.2, -0.15) is 4.31 Å². The molecule has 0 bridgehead atoms. The number of hydrogen-bond donors (Lipinski definition) is 0. The molecule has 0 heterocycles. The van der Waals surface area contributed by atoms with Gasteiger partial charge in [-0.1, -0.05) is 12.1 Å². The smallest absolute Gasteiger partial charge is 0.321 e. The van der Waals surface area contributed by atoms with Crippen molar-refractivity contribution >= 4 is 16.0 Å². The summed E-state index contributed by atoms with van der Waals surface area (Å²) in [4.78, 5) is 11.6. The summed E-state index contributed by atoms with van der Waals surface area (Å²) in [6.07, 6.45) is 0. The third-order valence-corrected chi connectivity index (χ3v) is 4.63. The van der Waals surface area contributed by atoms with Crippen molar-refractivity contribution in [2.24, 2.45) is 0 Å². The lowest BCUT2D eigenvalue weighted by Gasteiger charge is -2.18. The highest BCUT2D eigenvalue weighted by Crippen LogP contribution is 2.20. The number of benzene rings is 1. The van der Waals surface area contributed by atoms with Gasteiger partial charge < -0.3 is 4.74 Å². The third kappa shape index (κ3) is 3.78. The Morgan fingerprint density at radius 2 is 1.95 bits per heavy atom. The average Bonchev–Trinajstić information content (AvgIpc) is 2.32. The maximum Gasteiger partial charge on any atom is 0.321 e. The number of sulfonamides is 1. The molecule has 0 saturated carbocycles. The van der Waals surface area contributed by atoms with E-state index in [1.807, 2.05) is 13.0 Å². The molecule has 5 nitrogen and oxygen atoms in total. The van der Waals surface area contributed by atoms with Crippen LogP contribution in [0, 0.1) is 13.8 Å². The summed E-state index contributed by atoms with van der Waals surface area (Å²) in [5, 5.41) is 0. The quantitative estimate of drug-likeness (QED) is 0.769. The summed E-state index contributed by atoms with van der Waals surface area (Å²) in [6.45, 7) is 5.17. The first-order valence-electron chi connectivity index (χ1n) is 5.98. The minimum atomic E-state index is -3.67. The van der Waals surface area contributed by atoms with Gasteiger partial charge in [0.05, 0.1) is 11.5 Å². The van der Waals surface area contributed by atoms with Crippen molar-refractivity contribution in [2.75, 3.05) is 20.2 Å². The van der Waals surface area contributed by atoms with E-state index in [2.05, 4.69) is 0 Å². The SMILES string of the molecule is CCOC(=O)CN(C)S(=O)(=O)c1cc(C)ccc1C. The number of esters is 1. The van der Waals surface area contributed by atoms with Crippen molar-refractivity contribution in [3.63, 3.8) is 0 Å². The lowest BCUT2D eigenvalue weighted by molar-refractivity contribution is -0.143. The number of aryl methyl sites for hydroxylation is 2. The van der Waals surface area contributed by atoms with Gasteiger partial charge in [-0.3, -0.25) is 4.79 Å². The van der Waals surface area contributed by atoms with Crippen LogP contribution in [0.5, 0.6) is 0 Å². The Morgan fingerprint density at radius 1 is 1.32 bits per heavy atom. The van der Waals surface area contributed by atoms with Gasteiger partial charge in [0.15, 0.2) is 0 Å². The molecule has 6 heteroatoms. The predicted octanol–water partition coefficient (Wildman–Crippen LogP) is 1.49. The van der Waals surface area contributed by atoms with E-state index in [4.69, 9.17) is 4.74 Å². The molecule has 0 unspecified atom stereocenters. The van der Waals surface area contributed by atoms with E-state index in [0.29, 0.717) is 5.56 Å². The Bertz CT molecular complexity index is 566. The predicted molar refractivity (Wildman–Crippen MR) is 72.4 cm³/mol. The fourth-order valence-electron chi connectivity index (χ4n) is 1.63. The van der Waals surface area contributed by atoms with E-state index in [1.165, 1.54) is 7.05 Å². The van der Waals surface area contributed by atoms with E-state index in [9.17, 15) is 13.2 Å². The first-order valence-corrected chi connectivity index (χ1v) is 7.42. The molecule has 0 N–H and O–H groups in total. The summed E-state index contributed by atoms with van der Waals surface area (Å²) < 4.78 is 30.5. The van der Waals surface area contributed by atoms with Crippen LogP contribution in [0.2, 0.25) is 0 Å². The number of nitrogens with zero attached hydrogens (tertiary/aromatic N) is 1. The summed E-state index contributed by atoms with van der Waals surface area (Å²) >= 11 is 0. The van der Waals surface area contributed by atoms with Crippen molar-refractivity contribution < 1.29 is 17.9 Å². The molecule has 0 aromatic heterocycles. The zero-order valence-corrected chi connectivity index (χ0v) is 12.5. The van der Waals surface area contributed by atoms with Crippen LogP contribution in [-0.2, 0) is 19.6 Å². The maximum absolute atomic E-state index is 12.4. The molecule has 0 aliphatic heterocycles. The molecule has 0 fully saturated rings. The van der Waals surface area contributed by atoms with Crippen molar-refractivity contribution in [3.8, 4) is 0 Å². The molecule has 0 aliphatic rings. The lowest BCUT2D eigenvalue weighted by Crippen LogP contribution is -2.33. The number of hydrogen-bond acceptors (Lipinski definition) is 4. The second-order valence-corrected chi connectivity index (χ2v) is 6.35. The van der Waals surface area contributed by atoms with Crippen LogP contribution in [0.25, 0.3) is 0 Å². The molecular formula is C13H19NO4S. The van der Waals surface area contributed by atoms with E-state index < -0.39 is 16.0 Å². The fourth-order valence-corrected chi connectivity index (χ4v) is 3.05. The zero-order valence-electron chi connectivity index (χ0n) is 11.6. The molecule has 1 aromatic carbocycles. The number of ether oxygens (including phenoxy) is 1. The minimum absolute atomic E-state index is 0.222. The topological polar surface area (TPSA) is 63.7 Å². The molecule has 0 saturated heterocycles. The fraction of sp³-hybridized carbons (Fsp3) is 0.462. The first kappa shape index (κ1) is 15.7.